The Morgan fingerprint density at radius 1 is 1.23 bits per heavy atom. The van der Waals surface area contributed by atoms with E-state index in [1.54, 1.807) is 13.4 Å². The summed E-state index contributed by atoms with van der Waals surface area (Å²) in [6.07, 6.45) is 3.09. The molecule has 1 amide bonds. The quantitative estimate of drug-likeness (QED) is 0.759. The first-order chi connectivity index (χ1) is 12.7. The van der Waals surface area contributed by atoms with Gasteiger partial charge in [0, 0.05) is 24.6 Å². The third kappa shape index (κ3) is 2.96. The second-order valence-corrected chi connectivity index (χ2v) is 7.07. The molecule has 7 nitrogen and oxygen atoms in total. The lowest BCUT2D eigenvalue weighted by Crippen LogP contribution is -2.38. The molecule has 1 aliphatic rings. The summed E-state index contributed by atoms with van der Waals surface area (Å²) in [5.74, 6) is 1.44. The van der Waals surface area contributed by atoms with Crippen molar-refractivity contribution in [1.29, 1.82) is 0 Å². The molecule has 1 aromatic carbocycles. The van der Waals surface area contributed by atoms with Crippen molar-refractivity contribution in [1.82, 2.24) is 14.3 Å². The highest BCUT2D eigenvalue weighted by Crippen LogP contribution is 2.35. The predicted octanol–water partition coefficient (Wildman–Crippen LogP) is 2.46. The number of piperidine rings is 1. The molecule has 26 heavy (non-hydrogen) atoms. The topological polar surface area (TPSA) is 94.2 Å². The van der Waals surface area contributed by atoms with Crippen LogP contribution in [0, 0.1) is 5.92 Å². The molecule has 4 rings (SSSR count). The van der Waals surface area contributed by atoms with Gasteiger partial charge >= 0.3 is 0 Å². The van der Waals surface area contributed by atoms with Crippen LogP contribution < -0.4 is 15.4 Å². The molecule has 134 valence electrons. The number of methoxy groups -OCH3 is 1. The molecule has 2 N–H and O–H groups in total. The van der Waals surface area contributed by atoms with E-state index in [9.17, 15) is 4.79 Å². The number of nitrogens with two attached hydrogens (primary N) is 1. The van der Waals surface area contributed by atoms with Crippen LogP contribution in [0.5, 0.6) is 5.75 Å². The number of amides is 1. The van der Waals surface area contributed by atoms with E-state index in [0.29, 0.717) is 0 Å². The number of nitrogens with zero attached hydrogens (tertiary/aromatic N) is 4. The number of primary amides is 1. The molecule has 1 fully saturated rings. The smallest absolute Gasteiger partial charge is 0.220 e. The number of hydrogen-bond acceptors (Lipinski definition) is 7. The van der Waals surface area contributed by atoms with E-state index in [2.05, 4.69) is 19.2 Å². The standard InChI is InChI=1S/C18H19N5O2S/c1-25-13-4-2-11(3-5-13)14-15-16(26-22-14)18(21-10-20-15)23-8-6-12(7-9-23)17(19)24/h2-5,10,12H,6-9H2,1H3,(H2,19,24). The van der Waals surface area contributed by atoms with Gasteiger partial charge in [0.1, 0.15) is 28.0 Å². The maximum atomic E-state index is 11.4. The summed E-state index contributed by atoms with van der Waals surface area (Å²) in [4.78, 5) is 22.5. The van der Waals surface area contributed by atoms with Gasteiger partial charge in [0.2, 0.25) is 5.91 Å². The SMILES string of the molecule is COc1ccc(-c2nsc3c(N4CCC(C(N)=O)CC4)ncnc23)cc1. The highest BCUT2D eigenvalue weighted by Gasteiger charge is 2.26. The van der Waals surface area contributed by atoms with Crippen LogP contribution in [0.1, 0.15) is 12.8 Å². The second kappa shape index (κ2) is 6.87. The van der Waals surface area contributed by atoms with Gasteiger partial charge in [0.05, 0.1) is 7.11 Å². The number of carbonyl (C=O) groups excluding carboxylic acids is 1. The first-order valence-electron chi connectivity index (χ1n) is 8.46. The largest absolute Gasteiger partial charge is 0.497 e. The molecule has 3 heterocycles. The Morgan fingerprint density at radius 2 is 1.96 bits per heavy atom. The lowest BCUT2D eigenvalue weighted by Gasteiger charge is -2.31. The molecular formula is C18H19N5O2S. The van der Waals surface area contributed by atoms with Gasteiger partial charge in [-0.1, -0.05) is 0 Å². The van der Waals surface area contributed by atoms with Crippen molar-refractivity contribution in [2.45, 2.75) is 12.8 Å². The molecule has 0 spiro atoms. The average Bonchev–Trinajstić information content (AvgIpc) is 3.12. The van der Waals surface area contributed by atoms with Crippen LogP contribution in [0.25, 0.3) is 21.5 Å². The van der Waals surface area contributed by atoms with Gasteiger partial charge in [-0.2, -0.15) is 4.37 Å². The maximum Gasteiger partial charge on any atom is 0.220 e. The molecule has 1 aliphatic heterocycles. The molecule has 2 aromatic heterocycles. The molecule has 1 saturated heterocycles. The van der Waals surface area contributed by atoms with Crippen molar-refractivity contribution < 1.29 is 9.53 Å². The average molecular weight is 369 g/mol. The fraction of sp³-hybridized carbons (Fsp3) is 0.333. The zero-order chi connectivity index (χ0) is 18.1. The van der Waals surface area contributed by atoms with Crippen molar-refractivity contribution in [3.8, 4) is 17.0 Å². The van der Waals surface area contributed by atoms with Gasteiger partial charge in [0.15, 0.2) is 5.82 Å². The van der Waals surface area contributed by atoms with Crippen molar-refractivity contribution in [3.63, 3.8) is 0 Å². The summed E-state index contributed by atoms with van der Waals surface area (Å²) in [7, 11) is 1.65. The number of rotatable bonds is 4. The summed E-state index contributed by atoms with van der Waals surface area (Å²) in [5, 5.41) is 0. The van der Waals surface area contributed by atoms with Crippen LogP contribution >= 0.6 is 11.5 Å². The van der Waals surface area contributed by atoms with E-state index < -0.39 is 0 Å². The highest BCUT2D eigenvalue weighted by molar-refractivity contribution is 7.14. The number of fused-ring (bicyclic) bond motifs is 1. The van der Waals surface area contributed by atoms with Crippen LogP contribution in [0.3, 0.4) is 0 Å². The normalized spacial score (nSPS) is 15.3. The number of aromatic nitrogens is 3. The van der Waals surface area contributed by atoms with Crippen LogP contribution in [-0.4, -0.2) is 40.4 Å². The molecule has 0 aliphatic carbocycles. The van der Waals surface area contributed by atoms with Crippen molar-refractivity contribution in [3.05, 3.63) is 30.6 Å². The Kier molecular flexibility index (Phi) is 4.42. The predicted molar refractivity (Wildman–Crippen MR) is 101 cm³/mol. The second-order valence-electron chi connectivity index (χ2n) is 6.30. The minimum absolute atomic E-state index is 0.0418. The Labute approximate surface area is 155 Å². The highest BCUT2D eigenvalue weighted by atomic mass is 32.1. The monoisotopic (exact) mass is 369 g/mol. The zero-order valence-electron chi connectivity index (χ0n) is 14.4. The van der Waals surface area contributed by atoms with E-state index >= 15 is 0 Å². The summed E-state index contributed by atoms with van der Waals surface area (Å²) in [6.45, 7) is 1.52. The van der Waals surface area contributed by atoms with Crippen LogP contribution in [0.15, 0.2) is 30.6 Å². The molecule has 0 saturated carbocycles. The van der Waals surface area contributed by atoms with Gasteiger partial charge < -0.3 is 15.4 Å². The maximum absolute atomic E-state index is 11.4. The molecule has 3 aromatic rings. The zero-order valence-corrected chi connectivity index (χ0v) is 15.2. The fourth-order valence-corrected chi connectivity index (χ4v) is 4.16. The lowest BCUT2D eigenvalue weighted by molar-refractivity contribution is -0.122. The van der Waals surface area contributed by atoms with Crippen LogP contribution in [0.4, 0.5) is 5.82 Å². The number of hydrogen-bond donors (Lipinski definition) is 1. The van der Waals surface area contributed by atoms with Crippen LogP contribution in [0.2, 0.25) is 0 Å². The summed E-state index contributed by atoms with van der Waals surface area (Å²) in [6, 6.07) is 7.79. The molecule has 0 radical (unpaired) electrons. The van der Waals surface area contributed by atoms with Crippen molar-refractivity contribution in [2.24, 2.45) is 11.7 Å². The van der Waals surface area contributed by atoms with Gasteiger partial charge in [0.25, 0.3) is 0 Å². The Bertz CT molecular complexity index is 932. The minimum Gasteiger partial charge on any atom is -0.497 e. The molecule has 8 heteroatoms. The van der Waals surface area contributed by atoms with Gasteiger partial charge in [-0.15, -0.1) is 0 Å². The molecule has 0 bridgehead atoms. The van der Waals surface area contributed by atoms with E-state index in [1.165, 1.54) is 11.5 Å². The summed E-state index contributed by atoms with van der Waals surface area (Å²) >= 11 is 1.41. The van der Waals surface area contributed by atoms with E-state index in [-0.39, 0.29) is 11.8 Å². The minimum atomic E-state index is -0.211. The third-order valence-electron chi connectivity index (χ3n) is 4.80. The number of carbonyl (C=O) groups is 1. The van der Waals surface area contributed by atoms with Crippen LogP contribution in [-0.2, 0) is 4.79 Å². The Morgan fingerprint density at radius 3 is 2.62 bits per heavy atom. The first kappa shape index (κ1) is 16.7. The van der Waals surface area contributed by atoms with Crippen molar-refractivity contribution >= 4 is 33.5 Å². The fourth-order valence-electron chi connectivity index (χ4n) is 3.29. The molecular weight excluding hydrogens is 350 g/mol. The summed E-state index contributed by atoms with van der Waals surface area (Å²) < 4.78 is 10.8. The number of anilines is 1. The lowest BCUT2D eigenvalue weighted by atomic mass is 9.96. The van der Waals surface area contributed by atoms with E-state index in [1.807, 2.05) is 24.3 Å². The Balaban J connectivity index is 1.66. The summed E-state index contributed by atoms with van der Waals surface area (Å²) in [5.41, 5.74) is 8.12. The van der Waals surface area contributed by atoms with Gasteiger partial charge in [-0.25, -0.2) is 9.97 Å². The number of ether oxygens (including phenoxy) is 1. The van der Waals surface area contributed by atoms with Gasteiger partial charge in [-0.3, -0.25) is 4.79 Å². The van der Waals surface area contributed by atoms with E-state index in [4.69, 9.17) is 10.5 Å². The first-order valence-corrected chi connectivity index (χ1v) is 9.24. The third-order valence-corrected chi connectivity index (χ3v) is 5.63. The Hall–Kier alpha value is -2.74. The van der Waals surface area contributed by atoms with Crippen molar-refractivity contribution in [2.75, 3.05) is 25.1 Å². The van der Waals surface area contributed by atoms with Gasteiger partial charge in [-0.05, 0) is 48.6 Å². The molecule has 0 atom stereocenters. The van der Waals surface area contributed by atoms with E-state index in [0.717, 1.165) is 59.0 Å². The number of benzene rings is 1. The molecule has 0 unspecified atom stereocenters.